The molecular weight excluding hydrogens is 404 g/mol. The second-order valence-electron chi connectivity index (χ2n) is 9.18. The molecule has 4 heterocycles. The first-order valence-corrected chi connectivity index (χ1v) is 12.3. The van der Waals surface area contributed by atoms with Crippen LogP contribution in [-0.2, 0) is 6.54 Å². The van der Waals surface area contributed by atoms with Crippen molar-refractivity contribution in [1.29, 1.82) is 0 Å². The van der Waals surface area contributed by atoms with Crippen molar-refractivity contribution in [2.75, 3.05) is 13.1 Å². The number of carbonyl (C=O) groups is 1. The number of benzene rings is 1. The van der Waals surface area contributed by atoms with E-state index in [1.807, 2.05) is 46.4 Å². The van der Waals surface area contributed by atoms with E-state index in [-0.39, 0.29) is 11.9 Å². The van der Waals surface area contributed by atoms with Gasteiger partial charge in [0.25, 0.3) is 5.91 Å². The minimum absolute atomic E-state index is 0.188. The van der Waals surface area contributed by atoms with Gasteiger partial charge >= 0.3 is 0 Å². The number of carbonyl (C=O) groups excluding carboxylic acids is 1. The van der Waals surface area contributed by atoms with Gasteiger partial charge in [-0.25, -0.2) is 4.68 Å². The minimum Gasteiger partial charge on any atom is -0.327 e. The zero-order valence-corrected chi connectivity index (χ0v) is 18.7. The summed E-state index contributed by atoms with van der Waals surface area (Å²) in [6.45, 7) is 5.23. The molecule has 1 aromatic carbocycles. The lowest BCUT2D eigenvalue weighted by Crippen LogP contribution is -2.46. The van der Waals surface area contributed by atoms with Crippen LogP contribution in [0.3, 0.4) is 0 Å². The lowest BCUT2D eigenvalue weighted by Gasteiger charge is -2.39. The van der Waals surface area contributed by atoms with Gasteiger partial charge in [-0.3, -0.25) is 9.69 Å². The molecule has 3 aliphatic rings. The van der Waals surface area contributed by atoms with Crippen LogP contribution in [0.5, 0.6) is 0 Å². The summed E-state index contributed by atoms with van der Waals surface area (Å²) in [5, 5.41) is 6.96. The number of aryl methyl sites for hydroxylation is 1. The topological polar surface area (TPSA) is 41.4 Å². The van der Waals surface area contributed by atoms with Gasteiger partial charge in [0.05, 0.1) is 17.4 Å². The van der Waals surface area contributed by atoms with E-state index in [1.165, 1.54) is 23.3 Å². The molecular formula is C25H28N4OS. The molecule has 6 heteroatoms. The summed E-state index contributed by atoms with van der Waals surface area (Å²) < 4.78 is 1.90. The number of likely N-dealkylation sites (tertiary alicyclic amines) is 1. The lowest BCUT2D eigenvalue weighted by atomic mass is 9.98. The molecule has 1 unspecified atom stereocenters. The number of aromatic nitrogens is 2. The van der Waals surface area contributed by atoms with Gasteiger partial charge in [0.15, 0.2) is 0 Å². The average Bonchev–Trinajstić information content (AvgIpc) is 3.26. The second kappa shape index (κ2) is 7.61. The third-order valence-corrected chi connectivity index (χ3v) is 7.98. The Balaban J connectivity index is 1.28. The summed E-state index contributed by atoms with van der Waals surface area (Å²) >= 11 is 1.83. The molecule has 6 rings (SSSR count). The third kappa shape index (κ3) is 3.33. The van der Waals surface area contributed by atoms with Crippen molar-refractivity contribution in [2.24, 2.45) is 5.92 Å². The predicted molar refractivity (Wildman–Crippen MR) is 123 cm³/mol. The Bertz CT molecular complexity index is 1080. The summed E-state index contributed by atoms with van der Waals surface area (Å²) in [6.07, 6.45) is 4.56. The Kier molecular flexibility index (Phi) is 4.73. The van der Waals surface area contributed by atoms with Gasteiger partial charge in [-0.05, 0) is 62.1 Å². The van der Waals surface area contributed by atoms with Crippen molar-refractivity contribution in [2.45, 2.75) is 51.2 Å². The molecule has 2 fully saturated rings. The van der Waals surface area contributed by atoms with Gasteiger partial charge in [0, 0.05) is 36.1 Å². The highest BCUT2D eigenvalue weighted by Crippen LogP contribution is 2.52. The maximum absolute atomic E-state index is 13.8. The van der Waals surface area contributed by atoms with E-state index in [0.717, 1.165) is 49.6 Å². The molecule has 1 saturated carbocycles. The van der Waals surface area contributed by atoms with Gasteiger partial charge in [0.2, 0.25) is 0 Å². The lowest BCUT2D eigenvalue weighted by molar-refractivity contribution is 0.0449. The molecule has 0 spiro atoms. The van der Waals surface area contributed by atoms with Crippen LogP contribution < -0.4 is 0 Å². The van der Waals surface area contributed by atoms with Crippen molar-refractivity contribution in [3.63, 3.8) is 0 Å². The van der Waals surface area contributed by atoms with Crippen molar-refractivity contribution in [1.82, 2.24) is 19.6 Å². The highest BCUT2D eigenvalue weighted by Gasteiger charge is 2.51. The molecule has 3 aromatic rings. The van der Waals surface area contributed by atoms with Gasteiger partial charge in [-0.2, -0.15) is 5.10 Å². The highest BCUT2D eigenvalue weighted by molar-refractivity contribution is 7.09. The average molecular weight is 433 g/mol. The molecule has 0 bridgehead atoms. The standard InChI is InChI=1S/C25H28N4OS/c1-17-22-23(18-9-10-18)28(19-11-13-27(14-12-19)16-21-8-5-15-31-21)25(30)24(22)29(26-17)20-6-3-2-4-7-20/h2-8,15,18-19,23H,9-14,16H2,1H3. The quantitative estimate of drug-likeness (QED) is 0.581. The van der Waals surface area contributed by atoms with Crippen LogP contribution in [0.2, 0.25) is 0 Å². The van der Waals surface area contributed by atoms with Crippen molar-refractivity contribution < 1.29 is 4.79 Å². The normalized spacial score (nSPS) is 22.3. The number of rotatable bonds is 5. The number of thiophene rings is 1. The van der Waals surface area contributed by atoms with E-state index >= 15 is 0 Å². The molecule has 0 N–H and O–H groups in total. The van der Waals surface area contributed by atoms with Crippen LogP contribution in [0.1, 0.15) is 58.3 Å². The Morgan fingerprint density at radius 2 is 1.81 bits per heavy atom. The summed E-state index contributed by atoms with van der Waals surface area (Å²) in [6, 6.07) is 15.0. The van der Waals surface area contributed by atoms with Crippen LogP contribution in [-0.4, -0.2) is 44.6 Å². The maximum Gasteiger partial charge on any atom is 0.273 e. The number of amides is 1. The molecule has 1 aliphatic carbocycles. The number of piperidine rings is 1. The van der Waals surface area contributed by atoms with Crippen molar-refractivity contribution in [3.05, 3.63) is 69.7 Å². The molecule has 160 valence electrons. The van der Waals surface area contributed by atoms with E-state index in [4.69, 9.17) is 5.10 Å². The largest absolute Gasteiger partial charge is 0.327 e. The van der Waals surface area contributed by atoms with E-state index in [9.17, 15) is 4.79 Å². The van der Waals surface area contributed by atoms with Gasteiger partial charge in [-0.15, -0.1) is 11.3 Å². The van der Waals surface area contributed by atoms with Crippen molar-refractivity contribution >= 4 is 17.2 Å². The van der Waals surface area contributed by atoms with Crippen molar-refractivity contribution in [3.8, 4) is 5.69 Å². The van der Waals surface area contributed by atoms with E-state index in [1.54, 1.807) is 0 Å². The number of fused-ring (bicyclic) bond motifs is 1. The molecule has 2 aliphatic heterocycles. The smallest absolute Gasteiger partial charge is 0.273 e. The number of nitrogens with zero attached hydrogens (tertiary/aromatic N) is 4. The fourth-order valence-electron chi connectivity index (χ4n) is 5.49. The first kappa shape index (κ1) is 19.3. The van der Waals surface area contributed by atoms with Crippen LogP contribution in [0.15, 0.2) is 47.8 Å². The summed E-state index contributed by atoms with van der Waals surface area (Å²) in [5.74, 6) is 0.787. The molecule has 1 atom stereocenters. The molecule has 1 amide bonds. The minimum atomic E-state index is 0.188. The summed E-state index contributed by atoms with van der Waals surface area (Å²) in [4.78, 5) is 20.1. The monoisotopic (exact) mass is 432 g/mol. The van der Waals surface area contributed by atoms with Crippen LogP contribution in [0, 0.1) is 12.8 Å². The van der Waals surface area contributed by atoms with E-state index in [2.05, 4.69) is 34.2 Å². The predicted octanol–water partition coefficient (Wildman–Crippen LogP) is 4.81. The highest BCUT2D eigenvalue weighted by atomic mass is 32.1. The zero-order chi connectivity index (χ0) is 20.9. The molecule has 5 nitrogen and oxygen atoms in total. The first-order chi connectivity index (χ1) is 15.2. The maximum atomic E-state index is 13.8. The molecule has 0 radical (unpaired) electrons. The molecule has 1 saturated heterocycles. The van der Waals surface area contributed by atoms with E-state index < -0.39 is 0 Å². The summed E-state index contributed by atoms with van der Waals surface area (Å²) in [5.41, 5.74) is 3.99. The Hall–Kier alpha value is -2.44. The number of para-hydroxylation sites is 1. The fraction of sp³-hybridized carbons (Fsp3) is 0.440. The zero-order valence-electron chi connectivity index (χ0n) is 17.9. The van der Waals surface area contributed by atoms with E-state index in [0.29, 0.717) is 12.0 Å². The van der Waals surface area contributed by atoms with Crippen LogP contribution >= 0.6 is 11.3 Å². The fourth-order valence-corrected chi connectivity index (χ4v) is 6.24. The van der Waals surface area contributed by atoms with Gasteiger partial charge < -0.3 is 4.90 Å². The molecule has 31 heavy (non-hydrogen) atoms. The summed E-state index contributed by atoms with van der Waals surface area (Å²) in [7, 11) is 0. The number of hydrogen-bond acceptors (Lipinski definition) is 4. The Labute approximate surface area is 187 Å². The number of hydrogen-bond donors (Lipinski definition) is 0. The van der Waals surface area contributed by atoms with Gasteiger partial charge in [0.1, 0.15) is 5.69 Å². The Morgan fingerprint density at radius 3 is 2.48 bits per heavy atom. The molecule has 2 aromatic heterocycles. The first-order valence-electron chi connectivity index (χ1n) is 11.4. The third-order valence-electron chi connectivity index (χ3n) is 7.12. The second-order valence-corrected chi connectivity index (χ2v) is 10.2. The van der Waals surface area contributed by atoms with Crippen LogP contribution in [0.4, 0.5) is 0 Å². The van der Waals surface area contributed by atoms with Gasteiger partial charge in [-0.1, -0.05) is 24.3 Å². The SMILES string of the molecule is Cc1nn(-c2ccccc2)c2c1C(C1CC1)N(C1CCN(Cc3cccs3)CC1)C2=O. The van der Waals surface area contributed by atoms with Crippen LogP contribution in [0.25, 0.3) is 5.69 Å². The Morgan fingerprint density at radius 1 is 1.03 bits per heavy atom.